The lowest BCUT2D eigenvalue weighted by atomic mass is 9.77. The quantitative estimate of drug-likeness (QED) is 0.172. The van der Waals surface area contributed by atoms with E-state index in [4.69, 9.17) is 19.9 Å². The predicted octanol–water partition coefficient (Wildman–Crippen LogP) is 9.40. The molecule has 1 atom stereocenters. The molecule has 4 fully saturated rings. The smallest absolute Gasteiger partial charge is 0.211 e. The Bertz CT molecular complexity index is 2590. The number of piperidine rings is 3. The van der Waals surface area contributed by atoms with E-state index in [1.54, 1.807) is 23.3 Å². The van der Waals surface area contributed by atoms with Gasteiger partial charge in [0.05, 0.1) is 43.7 Å². The van der Waals surface area contributed by atoms with Crippen molar-refractivity contribution in [2.45, 2.75) is 25.3 Å². The molecule has 0 spiro atoms. The van der Waals surface area contributed by atoms with Crippen LogP contribution in [0.5, 0.6) is 0 Å². The summed E-state index contributed by atoms with van der Waals surface area (Å²) in [5.41, 5.74) is 13.8. The average Bonchev–Trinajstić information content (AvgIpc) is 3.98. The van der Waals surface area contributed by atoms with Crippen LogP contribution in [0.15, 0.2) is 97.2 Å². The van der Waals surface area contributed by atoms with Gasteiger partial charge in [0.1, 0.15) is 5.82 Å². The zero-order valence-electron chi connectivity index (χ0n) is 27.8. The van der Waals surface area contributed by atoms with Gasteiger partial charge in [-0.15, -0.1) is 0 Å². The number of thiazole rings is 1. The van der Waals surface area contributed by atoms with Crippen molar-refractivity contribution < 1.29 is 0 Å². The van der Waals surface area contributed by atoms with Gasteiger partial charge in [0.2, 0.25) is 5.13 Å². The van der Waals surface area contributed by atoms with E-state index in [9.17, 15) is 0 Å². The summed E-state index contributed by atoms with van der Waals surface area (Å²) in [6.07, 6.45) is 5.61. The van der Waals surface area contributed by atoms with Gasteiger partial charge in [-0.3, -0.25) is 9.88 Å². The van der Waals surface area contributed by atoms with Crippen molar-refractivity contribution in [1.29, 1.82) is 0 Å². The first-order valence-corrected chi connectivity index (χ1v) is 19.6. The molecule has 4 aliphatic heterocycles. The summed E-state index contributed by atoms with van der Waals surface area (Å²) in [6, 6.07) is 32.1. The first-order chi connectivity index (χ1) is 25.3. The third-order valence-corrected chi connectivity index (χ3v) is 13.1. The normalized spacial score (nSPS) is 20.4. The SMILES string of the molecule is c1ccc2nc(-c3c(-c4nccc5ccccc45)c(-c4nc5ccccc5[nH]4)c4nc(N5NCCS5)sc4c3C3CC4CCN3CC4)ccc2c1. The maximum absolute atomic E-state index is 5.54. The number of nitrogens with zero attached hydrogens (tertiary/aromatic N) is 6. The molecule has 0 radical (unpaired) electrons. The van der Waals surface area contributed by atoms with Crippen LogP contribution in [0.2, 0.25) is 0 Å². The lowest BCUT2D eigenvalue weighted by molar-refractivity contribution is 0.0501. The maximum Gasteiger partial charge on any atom is 0.211 e. The van der Waals surface area contributed by atoms with Gasteiger partial charge in [0, 0.05) is 46.4 Å². The fourth-order valence-electron chi connectivity index (χ4n) is 8.60. The number of nitrogens with one attached hydrogen (secondary N) is 2. The third-order valence-electron chi connectivity index (χ3n) is 11.0. The molecule has 10 heteroatoms. The fraction of sp³-hybridized carbons (Fsp3) is 0.220. The predicted molar refractivity (Wildman–Crippen MR) is 211 cm³/mol. The molecule has 8 heterocycles. The van der Waals surface area contributed by atoms with Crippen molar-refractivity contribution in [3.63, 3.8) is 0 Å². The molecule has 1 unspecified atom stereocenters. The first-order valence-electron chi connectivity index (χ1n) is 17.8. The van der Waals surface area contributed by atoms with Crippen LogP contribution in [0.4, 0.5) is 5.13 Å². The summed E-state index contributed by atoms with van der Waals surface area (Å²) in [7, 11) is 0. The number of hydrogen-bond acceptors (Lipinski definition) is 9. The molecule has 0 amide bonds. The standard InChI is InChI=1S/C41H34N8S2/c1-3-9-27-25(7-1)15-18-42-37(27)35-33(31-14-13-26-8-2-4-10-28(26)44-31)34(32-23-24-16-20-48(32)21-17-24)39-38(47-41(51-39)49-43-19-22-50-49)36(35)40-45-29-11-5-6-12-30(29)46-40/h1-15,18,24,32,43H,16-17,19-23H2,(H,45,46). The second-order valence-electron chi connectivity index (χ2n) is 13.9. The minimum Gasteiger partial charge on any atom is -0.338 e. The van der Waals surface area contributed by atoms with Crippen molar-refractivity contribution in [3.05, 3.63) is 103 Å². The number of para-hydroxylation sites is 3. The van der Waals surface area contributed by atoms with Crippen molar-refractivity contribution in [2.75, 3.05) is 29.8 Å². The number of aromatic nitrogens is 5. The summed E-state index contributed by atoms with van der Waals surface area (Å²) in [5, 5.41) is 4.34. The van der Waals surface area contributed by atoms with Crippen LogP contribution in [0, 0.1) is 5.92 Å². The largest absolute Gasteiger partial charge is 0.338 e. The Morgan fingerprint density at radius 1 is 0.745 bits per heavy atom. The average molecular weight is 703 g/mol. The molecule has 8 nitrogen and oxygen atoms in total. The molecule has 51 heavy (non-hydrogen) atoms. The highest BCUT2D eigenvalue weighted by molar-refractivity contribution is 8.01. The van der Waals surface area contributed by atoms with E-state index in [0.717, 1.165) is 109 Å². The van der Waals surface area contributed by atoms with E-state index < -0.39 is 0 Å². The van der Waals surface area contributed by atoms with Gasteiger partial charge in [-0.05, 0) is 91.5 Å². The number of imidazole rings is 1. The summed E-state index contributed by atoms with van der Waals surface area (Å²) in [6.45, 7) is 3.15. The number of fused-ring (bicyclic) bond motifs is 7. The lowest BCUT2D eigenvalue weighted by Gasteiger charge is -2.46. The molecule has 8 aromatic rings. The number of H-pyrrole nitrogens is 1. The summed E-state index contributed by atoms with van der Waals surface area (Å²) in [5.74, 6) is 2.52. The van der Waals surface area contributed by atoms with Crippen LogP contribution < -0.4 is 9.84 Å². The van der Waals surface area contributed by atoms with Crippen molar-refractivity contribution in [1.82, 2.24) is 35.2 Å². The number of anilines is 1. The Morgan fingerprint density at radius 3 is 2.39 bits per heavy atom. The van der Waals surface area contributed by atoms with E-state index >= 15 is 0 Å². The minimum atomic E-state index is 0.245. The van der Waals surface area contributed by atoms with Crippen LogP contribution in [0.25, 0.3) is 76.8 Å². The molecule has 2 N–H and O–H groups in total. The molecule has 250 valence electrons. The number of aromatic amines is 1. The molecular formula is C41H34N8S2. The second-order valence-corrected chi connectivity index (χ2v) is 15.9. The highest BCUT2D eigenvalue weighted by atomic mass is 32.2. The molecule has 12 rings (SSSR count). The fourth-order valence-corrected chi connectivity index (χ4v) is 10.6. The van der Waals surface area contributed by atoms with E-state index in [0.29, 0.717) is 5.92 Å². The number of rotatable bonds is 5. The van der Waals surface area contributed by atoms with Crippen LogP contribution in [0.3, 0.4) is 0 Å². The van der Waals surface area contributed by atoms with Crippen molar-refractivity contribution >= 4 is 71.3 Å². The number of pyridine rings is 2. The first kappa shape index (κ1) is 29.8. The van der Waals surface area contributed by atoms with Gasteiger partial charge in [-0.1, -0.05) is 72.0 Å². The van der Waals surface area contributed by atoms with E-state index in [2.05, 4.69) is 105 Å². The number of hydrogen-bond donors (Lipinski definition) is 2. The molecule has 4 aromatic heterocycles. The monoisotopic (exact) mass is 702 g/mol. The maximum atomic E-state index is 5.54. The highest BCUT2D eigenvalue weighted by Gasteiger charge is 2.40. The Morgan fingerprint density at radius 2 is 1.57 bits per heavy atom. The molecule has 2 bridgehead atoms. The molecule has 4 aromatic carbocycles. The van der Waals surface area contributed by atoms with Crippen LogP contribution in [0.1, 0.15) is 30.9 Å². The van der Waals surface area contributed by atoms with E-state index in [1.807, 2.05) is 12.3 Å². The molecular weight excluding hydrogens is 669 g/mol. The topological polar surface area (TPSA) is 85.9 Å². The van der Waals surface area contributed by atoms with Crippen molar-refractivity contribution in [3.8, 4) is 33.9 Å². The highest BCUT2D eigenvalue weighted by Crippen LogP contribution is 2.55. The van der Waals surface area contributed by atoms with Crippen LogP contribution >= 0.6 is 23.3 Å². The van der Waals surface area contributed by atoms with Gasteiger partial charge in [0.15, 0.2) is 0 Å². The van der Waals surface area contributed by atoms with Gasteiger partial charge < -0.3 is 4.98 Å². The molecule has 0 saturated carbocycles. The van der Waals surface area contributed by atoms with Crippen LogP contribution in [-0.4, -0.2) is 55.2 Å². The van der Waals surface area contributed by atoms with Crippen molar-refractivity contribution in [2.24, 2.45) is 5.92 Å². The Labute approximate surface area is 303 Å². The lowest BCUT2D eigenvalue weighted by Crippen LogP contribution is -2.43. The second kappa shape index (κ2) is 11.8. The molecule has 4 saturated heterocycles. The van der Waals surface area contributed by atoms with Crippen LogP contribution in [-0.2, 0) is 0 Å². The third kappa shape index (κ3) is 4.81. The Kier molecular flexibility index (Phi) is 6.93. The summed E-state index contributed by atoms with van der Waals surface area (Å²) in [4.78, 5) is 28.0. The molecule has 4 aliphatic rings. The molecule has 0 aliphatic carbocycles. The number of hydrazine groups is 1. The van der Waals surface area contributed by atoms with Gasteiger partial charge in [0.25, 0.3) is 0 Å². The Hall–Kier alpha value is -4.87. The van der Waals surface area contributed by atoms with Gasteiger partial charge in [-0.25, -0.2) is 24.8 Å². The number of benzene rings is 4. The summed E-state index contributed by atoms with van der Waals surface area (Å²) < 4.78 is 3.37. The van der Waals surface area contributed by atoms with Gasteiger partial charge >= 0.3 is 0 Å². The zero-order chi connectivity index (χ0) is 33.5. The zero-order valence-corrected chi connectivity index (χ0v) is 29.5. The Balaban J connectivity index is 1.35. The van der Waals surface area contributed by atoms with E-state index in [1.165, 1.54) is 23.1 Å². The summed E-state index contributed by atoms with van der Waals surface area (Å²) >= 11 is 3.58. The van der Waals surface area contributed by atoms with Gasteiger partial charge in [-0.2, -0.15) is 0 Å². The minimum absolute atomic E-state index is 0.245. The van der Waals surface area contributed by atoms with E-state index in [-0.39, 0.29) is 6.04 Å².